The predicted octanol–water partition coefficient (Wildman–Crippen LogP) is 6.44. The van der Waals surface area contributed by atoms with Gasteiger partial charge in [0, 0.05) is 5.69 Å². The molecule has 0 spiro atoms. The summed E-state index contributed by atoms with van der Waals surface area (Å²) in [5, 5.41) is 0. The lowest BCUT2D eigenvalue weighted by Crippen LogP contribution is -2.09. The van der Waals surface area contributed by atoms with E-state index in [2.05, 4.69) is 78.8 Å². The first kappa shape index (κ1) is 20.3. The van der Waals surface area contributed by atoms with Crippen molar-refractivity contribution in [2.24, 2.45) is 10.8 Å². The maximum atomic E-state index is 5.68. The van der Waals surface area contributed by atoms with E-state index < -0.39 is 0 Å². The second-order valence-corrected chi connectivity index (χ2v) is 9.21. The van der Waals surface area contributed by atoms with Crippen molar-refractivity contribution in [3.05, 3.63) is 65.2 Å². The summed E-state index contributed by atoms with van der Waals surface area (Å²) in [6.07, 6.45) is 2.24. The molecule has 0 amide bonds. The van der Waals surface area contributed by atoms with Crippen LogP contribution in [0.25, 0.3) is 0 Å². The van der Waals surface area contributed by atoms with Crippen molar-refractivity contribution in [3.8, 4) is 0 Å². The molecule has 1 nitrogen and oxygen atoms in total. The lowest BCUT2D eigenvalue weighted by molar-refractivity contribution is 0.411. The second-order valence-electron chi connectivity index (χ2n) is 9.21. The standard InChI is InChI=1S/C12H18.C11H17N/c1-10-5-7-11(8-6-10)9-12(2,3)4;1-11(2,3)8-9-5-4-6-10(12)7-9/h5-8H,9H2,1-4H3;4-7H,8,12H2,1-3H3. The van der Waals surface area contributed by atoms with Crippen LogP contribution in [-0.4, -0.2) is 0 Å². The Balaban J connectivity index is 0.000000240. The average Bonchev–Trinajstić information content (AvgIpc) is 2.39. The Bertz CT molecular complexity index is 610. The van der Waals surface area contributed by atoms with Gasteiger partial charge in [0.25, 0.3) is 0 Å². The van der Waals surface area contributed by atoms with Gasteiger partial charge in [0.15, 0.2) is 0 Å². The first-order valence-electron chi connectivity index (χ1n) is 8.85. The highest BCUT2D eigenvalue weighted by Gasteiger charge is 2.11. The summed E-state index contributed by atoms with van der Waals surface area (Å²) in [7, 11) is 0. The van der Waals surface area contributed by atoms with E-state index in [0.717, 1.165) is 18.5 Å². The van der Waals surface area contributed by atoms with Gasteiger partial charge in [-0.25, -0.2) is 0 Å². The predicted molar refractivity (Wildman–Crippen MR) is 108 cm³/mol. The first-order valence-corrected chi connectivity index (χ1v) is 8.85. The van der Waals surface area contributed by atoms with Gasteiger partial charge in [-0.3, -0.25) is 0 Å². The lowest BCUT2D eigenvalue weighted by atomic mass is 9.88. The fourth-order valence-corrected chi connectivity index (χ4v) is 2.63. The van der Waals surface area contributed by atoms with Crippen LogP contribution >= 0.6 is 0 Å². The Morgan fingerprint density at radius 2 is 1.21 bits per heavy atom. The molecule has 0 unspecified atom stereocenters. The smallest absolute Gasteiger partial charge is 0.0316 e. The van der Waals surface area contributed by atoms with Gasteiger partial charge in [0.05, 0.1) is 0 Å². The maximum Gasteiger partial charge on any atom is 0.0316 e. The first-order chi connectivity index (χ1) is 10.9. The number of hydrogen-bond donors (Lipinski definition) is 1. The molecule has 2 rings (SSSR count). The Morgan fingerprint density at radius 3 is 1.67 bits per heavy atom. The van der Waals surface area contributed by atoms with E-state index in [4.69, 9.17) is 5.73 Å². The van der Waals surface area contributed by atoms with Crippen molar-refractivity contribution in [1.82, 2.24) is 0 Å². The lowest BCUT2D eigenvalue weighted by Gasteiger charge is -2.18. The van der Waals surface area contributed by atoms with Gasteiger partial charge in [0.1, 0.15) is 0 Å². The van der Waals surface area contributed by atoms with Crippen LogP contribution in [0.2, 0.25) is 0 Å². The van der Waals surface area contributed by atoms with Crippen LogP contribution in [0.3, 0.4) is 0 Å². The van der Waals surface area contributed by atoms with Gasteiger partial charge < -0.3 is 5.73 Å². The Labute approximate surface area is 149 Å². The summed E-state index contributed by atoms with van der Waals surface area (Å²) in [5.41, 5.74) is 11.4. The minimum Gasteiger partial charge on any atom is -0.399 e. The van der Waals surface area contributed by atoms with Crippen LogP contribution in [0.5, 0.6) is 0 Å². The van der Waals surface area contributed by atoms with E-state index in [1.54, 1.807) is 0 Å². The van der Waals surface area contributed by atoms with Crippen molar-refractivity contribution >= 4 is 5.69 Å². The molecule has 0 aromatic heterocycles. The fourth-order valence-electron chi connectivity index (χ4n) is 2.63. The number of hydrogen-bond acceptors (Lipinski definition) is 1. The summed E-state index contributed by atoms with van der Waals surface area (Å²) in [6, 6.07) is 16.9. The molecule has 0 aliphatic rings. The van der Waals surface area contributed by atoms with Gasteiger partial charge in [-0.2, -0.15) is 0 Å². The Morgan fingerprint density at radius 1 is 0.708 bits per heavy atom. The van der Waals surface area contributed by atoms with E-state index in [-0.39, 0.29) is 0 Å². The van der Waals surface area contributed by atoms with Crippen LogP contribution in [0.1, 0.15) is 58.2 Å². The molecule has 0 saturated carbocycles. The van der Waals surface area contributed by atoms with Crippen LogP contribution in [0, 0.1) is 17.8 Å². The van der Waals surface area contributed by atoms with E-state index >= 15 is 0 Å². The maximum absolute atomic E-state index is 5.68. The van der Waals surface area contributed by atoms with Crippen LogP contribution < -0.4 is 5.73 Å². The number of nitrogen functional groups attached to an aromatic ring is 1. The third kappa shape index (κ3) is 9.39. The molecule has 0 saturated heterocycles. The minimum atomic E-state index is 0.341. The zero-order valence-electron chi connectivity index (χ0n) is 16.6. The van der Waals surface area contributed by atoms with Gasteiger partial charge >= 0.3 is 0 Å². The van der Waals surface area contributed by atoms with E-state index in [9.17, 15) is 0 Å². The van der Waals surface area contributed by atoms with Crippen molar-refractivity contribution in [3.63, 3.8) is 0 Å². The highest BCUT2D eigenvalue weighted by molar-refractivity contribution is 5.40. The van der Waals surface area contributed by atoms with Gasteiger partial charge in [-0.1, -0.05) is 83.5 Å². The van der Waals surface area contributed by atoms with Gasteiger partial charge in [-0.15, -0.1) is 0 Å². The molecular formula is C23H35N. The number of nitrogens with two attached hydrogens (primary N) is 1. The summed E-state index contributed by atoms with van der Waals surface area (Å²) in [5.74, 6) is 0. The minimum absolute atomic E-state index is 0.341. The SMILES string of the molecule is CC(C)(C)Cc1cccc(N)c1.Cc1ccc(CC(C)(C)C)cc1. The summed E-state index contributed by atoms with van der Waals surface area (Å²) < 4.78 is 0. The van der Waals surface area contributed by atoms with Crippen LogP contribution in [0.15, 0.2) is 48.5 Å². The highest BCUT2D eigenvalue weighted by Crippen LogP contribution is 2.21. The van der Waals surface area contributed by atoms with Crippen LogP contribution in [-0.2, 0) is 12.8 Å². The molecule has 0 radical (unpaired) electrons. The monoisotopic (exact) mass is 325 g/mol. The molecule has 2 N–H and O–H groups in total. The number of anilines is 1. The van der Waals surface area contributed by atoms with E-state index in [1.807, 2.05) is 18.2 Å². The fraction of sp³-hybridized carbons (Fsp3) is 0.478. The summed E-state index contributed by atoms with van der Waals surface area (Å²) >= 11 is 0. The number of benzene rings is 2. The van der Waals surface area contributed by atoms with Crippen molar-refractivity contribution in [2.45, 2.75) is 61.3 Å². The summed E-state index contributed by atoms with van der Waals surface area (Å²) in [6.45, 7) is 15.6. The molecular weight excluding hydrogens is 290 g/mol. The van der Waals surface area contributed by atoms with Crippen molar-refractivity contribution < 1.29 is 0 Å². The number of rotatable bonds is 2. The molecule has 2 aromatic rings. The van der Waals surface area contributed by atoms with Crippen LogP contribution in [0.4, 0.5) is 5.69 Å². The molecule has 0 fully saturated rings. The highest BCUT2D eigenvalue weighted by atomic mass is 14.5. The molecule has 0 aliphatic carbocycles. The molecule has 0 heterocycles. The third-order valence-electron chi connectivity index (χ3n) is 3.54. The molecule has 24 heavy (non-hydrogen) atoms. The molecule has 1 heteroatoms. The van der Waals surface area contributed by atoms with E-state index in [1.165, 1.54) is 16.7 Å². The quantitative estimate of drug-likeness (QED) is 0.632. The molecule has 132 valence electrons. The van der Waals surface area contributed by atoms with Gasteiger partial charge in [0.2, 0.25) is 0 Å². The Hall–Kier alpha value is -1.76. The topological polar surface area (TPSA) is 26.0 Å². The zero-order chi connectivity index (χ0) is 18.4. The molecule has 2 aromatic carbocycles. The normalized spacial score (nSPS) is 11.6. The average molecular weight is 326 g/mol. The van der Waals surface area contributed by atoms with Crippen molar-refractivity contribution in [2.75, 3.05) is 5.73 Å². The third-order valence-corrected chi connectivity index (χ3v) is 3.54. The molecule has 0 bridgehead atoms. The largest absolute Gasteiger partial charge is 0.399 e. The van der Waals surface area contributed by atoms with Crippen molar-refractivity contribution in [1.29, 1.82) is 0 Å². The summed E-state index contributed by atoms with van der Waals surface area (Å²) in [4.78, 5) is 0. The van der Waals surface area contributed by atoms with Gasteiger partial charge in [-0.05, 0) is 53.9 Å². The number of aryl methyl sites for hydroxylation is 1. The van der Waals surface area contributed by atoms with E-state index in [0.29, 0.717) is 10.8 Å². The zero-order valence-corrected chi connectivity index (χ0v) is 16.6. The molecule has 0 aliphatic heterocycles. The Kier molecular flexibility index (Phi) is 7.08. The molecule has 0 atom stereocenters. The second kappa shape index (κ2) is 8.37.